The summed E-state index contributed by atoms with van der Waals surface area (Å²) in [5, 5.41) is 8.04. The van der Waals surface area contributed by atoms with Gasteiger partial charge in [-0.2, -0.15) is 0 Å². The van der Waals surface area contributed by atoms with Gasteiger partial charge >= 0.3 is 0 Å². The van der Waals surface area contributed by atoms with Crippen molar-refractivity contribution in [2.45, 2.75) is 5.75 Å². The van der Waals surface area contributed by atoms with Gasteiger partial charge in [0.1, 0.15) is 0 Å². The predicted molar refractivity (Wildman–Crippen MR) is 64.4 cm³/mol. The third-order valence-corrected chi connectivity index (χ3v) is 3.08. The average Bonchev–Trinajstić information content (AvgIpc) is 2.30. The zero-order valence-electron chi connectivity index (χ0n) is 8.21. The van der Waals surface area contributed by atoms with Crippen LogP contribution in [0.2, 0.25) is 5.02 Å². The van der Waals surface area contributed by atoms with Crippen LogP contribution in [-0.4, -0.2) is 14.4 Å². The minimum atomic E-state index is -0.172. The lowest BCUT2D eigenvalue weighted by Gasteiger charge is -2.01. The highest BCUT2D eigenvalue weighted by Gasteiger charge is 1.99. The maximum absolute atomic E-state index is 11.3. The van der Waals surface area contributed by atoms with Crippen molar-refractivity contribution >= 4 is 23.5 Å². The molecule has 82 valence electrons. The Balaban J connectivity index is 2.05. The van der Waals surface area contributed by atoms with Crippen LogP contribution in [0.1, 0.15) is 5.56 Å². The quantitative estimate of drug-likeness (QED) is 0.839. The summed E-state index contributed by atoms with van der Waals surface area (Å²) in [6.07, 6.45) is 1.38. The van der Waals surface area contributed by atoms with E-state index in [-0.39, 0.29) is 5.56 Å². The van der Waals surface area contributed by atoms with E-state index in [4.69, 9.17) is 11.6 Å². The predicted octanol–water partition coefficient (Wildman–Crippen LogP) is 1.99. The van der Waals surface area contributed by atoms with Gasteiger partial charge in [-0.3, -0.25) is 4.79 Å². The summed E-state index contributed by atoms with van der Waals surface area (Å²) in [7, 11) is 0. The molecule has 0 amide bonds. The van der Waals surface area contributed by atoms with E-state index in [0.717, 1.165) is 5.56 Å². The van der Waals surface area contributed by atoms with Crippen LogP contribution in [0.25, 0.3) is 0 Å². The van der Waals surface area contributed by atoms with Gasteiger partial charge in [0.25, 0.3) is 5.56 Å². The molecule has 0 saturated carbocycles. The number of benzene rings is 1. The third kappa shape index (κ3) is 2.84. The zero-order valence-corrected chi connectivity index (χ0v) is 9.78. The lowest BCUT2D eigenvalue weighted by molar-refractivity contribution is 0.792. The summed E-state index contributed by atoms with van der Waals surface area (Å²) >= 11 is 7.06. The molecule has 0 spiro atoms. The Morgan fingerprint density at radius 3 is 2.69 bits per heavy atom. The molecule has 2 rings (SSSR count). The highest BCUT2D eigenvalue weighted by atomic mass is 35.5. The standard InChI is InChI=1S/C10H8ClN3OS/c11-9-3-1-8(2-4-9)7-16-14-10(15)5-6-12-13-14/h1-6H,7H2. The van der Waals surface area contributed by atoms with Gasteiger partial charge in [0.05, 0.1) is 6.20 Å². The molecule has 0 aliphatic rings. The highest BCUT2D eigenvalue weighted by Crippen LogP contribution is 2.14. The molecule has 1 heterocycles. The fourth-order valence-corrected chi connectivity index (χ4v) is 1.96. The summed E-state index contributed by atoms with van der Waals surface area (Å²) in [6, 6.07) is 8.84. The van der Waals surface area contributed by atoms with Crippen LogP contribution in [-0.2, 0) is 5.75 Å². The van der Waals surface area contributed by atoms with Gasteiger partial charge in [0.15, 0.2) is 0 Å². The van der Waals surface area contributed by atoms with Crippen molar-refractivity contribution in [3.8, 4) is 0 Å². The molecular weight excluding hydrogens is 246 g/mol. The molecule has 16 heavy (non-hydrogen) atoms. The van der Waals surface area contributed by atoms with Gasteiger partial charge in [-0.1, -0.05) is 28.9 Å². The molecule has 0 bridgehead atoms. The van der Waals surface area contributed by atoms with Crippen molar-refractivity contribution in [3.05, 3.63) is 57.5 Å². The Morgan fingerprint density at radius 1 is 1.25 bits per heavy atom. The molecule has 0 N–H and O–H groups in total. The van der Waals surface area contributed by atoms with Crippen molar-refractivity contribution < 1.29 is 0 Å². The monoisotopic (exact) mass is 253 g/mol. The molecule has 1 aromatic heterocycles. The van der Waals surface area contributed by atoms with Crippen LogP contribution >= 0.6 is 23.5 Å². The summed E-state index contributed by atoms with van der Waals surface area (Å²) in [5.74, 6) is 0.649. The normalized spacial score (nSPS) is 10.3. The van der Waals surface area contributed by atoms with Gasteiger partial charge in [-0.25, -0.2) is 0 Å². The van der Waals surface area contributed by atoms with Crippen molar-refractivity contribution in [1.82, 2.24) is 14.4 Å². The smallest absolute Gasteiger partial charge is 0.267 e. The van der Waals surface area contributed by atoms with Crippen LogP contribution in [0.3, 0.4) is 0 Å². The van der Waals surface area contributed by atoms with E-state index >= 15 is 0 Å². The first-order valence-electron chi connectivity index (χ1n) is 4.54. The van der Waals surface area contributed by atoms with E-state index in [1.54, 1.807) is 0 Å². The second-order valence-electron chi connectivity index (χ2n) is 3.03. The first-order valence-corrected chi connectivity index (χ1v) is 5.86. The molecule has 0 atom stereocenters. The van der Waals surface area contributed by atoms with E-state index in [9.17, 15) is 4.79 Å². The summed E-state index contributed by atoms with van der Waals surface area (Å²) in [5.41, 5.74) is 0.904. The largest absolute Gasteiger partial charge is 0.280 e. The molecule has 0 radical (unpaired) electrons. The van der Waals surface area contributed by atoms with Crippen LogP contribution < -0.4 is 5.56 Å². The Labute approximate surface area is 101 Å². The van der Waals surface area contributed by atoms with Crippen LogP contribution in [0.4, 0.5) is 0 Å². The van der Waals surface area contributed by atoms with Gasteiger partial charge in [0, 0.05) is 16.8 Å². The van der Waals surface area contributed by atoms with E-state index in [1.807, 2.05) is 24.3 Å². The lowest BCUT2D eigenvalue weighted by atomic mass is 10.2. The summed E-state index contributed by atoms with van der Waals surface area (Å²) in [4.78, 5) is 11.3. The molecule has 0 aliphatic heterocycles. The zero-order chi connectivity index (χ0) is 11.4. The number of halogens is 1. The number of hydrogen-bond acceptors (Lipinski definition) is 4. The second-order valence-corrected chi connectivity index (χ2v) is 4.36. The Hall–Kier alpha value is -1.33. The number of rotatable bonds is 3. The number of hydrogen-bond donors (Lipinski definition) is 0. The van der Waals surface area contributed by atoms with Gasteiger partial charge in [-0.05, 0) is 29.6 Å². The molecule has 0 aliphatic carbocycles. The van der Waals surface area contributed by atoms with Crippen molar-refractivity contribution in [2.75, 3.05) is 0 Å². The van der Waals surface area contributed by atoms with Crippen molar-refractivity contribution in [1.29, 1.82) is 0 Å². The van der Waals surface area contributed by atoms with Crippen LogP contribution in [0.15, 0.2) is 41.3 Å². The maximum Gasteiger partial charge on any atom is 0.280 e. The topological polar surface area (TPSA) is 47.8 Å². The van der Waals surface area contributed by atoms with Crippen molar-refractivity contribution in [3.63, 3.8) is 0 Å². The molecule has 0 saturated heterocycles. The van der Waals surface area contributed by atoms with Crippen LogP contribution in [0.5, 0.6) is 0 Å². The molecule has 0 unspecified atom stereocenters. The Bertz CT molecular complexity index is 526. The minimum Gasteiger partial charge on any atom is -0.267 e. The minimum absolute atomic E-state index is 0.172. The third-order valence-electron chi connectivity index (χ3n) is 1.87. The molecule has 6 heteroatoms. The van der Waals surface area contributed by atoms with E-state index < -0.39 is 0 Å². The van der Waals surface area contributed by atoms with Crippen molar-refractivity contribution in [2.24, 2.45) is 0 Å². The first-order chi connectivity index (χ1) is 7.75. The fraction of sp³-hybridized carbons (Fsp3) is 0.100. The molecule has 0 fully saturated rings. The second kappa shape index (κ2) is 5.14. The van der Waals surface area contributed by atoms with E-state index in [1.165, 1.54) is 28.3 Å². The number of aromatic nitrogens is 3. The first kappa shape index (κ1) is 11.2. The average molecular weight is 254 g/mol. The van der Waals surface area contributed by atoms with E-state index in [0.29, 0.717) is 10.8 Å². The van der Waals surface area contributed by atoms with Gasteiger partial charge in [-0.15, -0.1) is 9.19 Å². The maximum atomic E-state index is 11.3. The fourth-order valence-electron chi connectivity index (χ4n) is 1.09. The lowest BCUT2D eigenvalue weighted by Crippen LogP contribution is -2.17. The SMILES string of the molecule is O=c1ccnnn1SCc1ccc(Cl)cc1. The Morgan fingerprint density at radius 2 is 2.00 bits per heavy atom. The van der Waals surface area contributed by atoms with Gasteiger partial charge in [0.2, 0.25) is 0 Å². The van der Waals surface area contributed by atoms with E-state index in [2.05, 4.69) is 10.3 Å². The molecule has 1 aromatic carbocycles. The molecule has 4 nitrogen and oxygen atoms in total. The highest BCUT2D eigenvalue weighted by molar-refractivity contribution is 7.96. The summed E-state index contributed by atoms with van der Waals surface area (Å²) < 4.78 is 1.26. The molecular formula is C10H8ClN3OS. The van der Waals surface area contributed by atoms with Crippen LogP contribution in [0, 0.1) is 0 Å². The van der Waals surface area contributed by atoms with Gasteiger partial charge < -0.3 is 0 Å². The summed E-state index contributed by atoms with van der Waals surface area (Å²) in [6.45, 7) is 0. The Kier molecular flexibility index (Phi) is 3.58. The molecule has 2 aromatic rings. The number of nitrogens with zero attached hydrogens (tertiary/aromatic N) is 3.